The van der Waals surface area contributed by atoms with Crippen molar-refractivity contribution >= 4 is 40.7 Å². The van der Waals surface area contributed by atoms with Gasteiger partial charge in [-0.05, 0) is 62.8 Å². The summed E-state index contributed by atoms with van der Waals surface area (Å²) in [4.78, 5) is 29.5. The molecular weight excluding hydrogens is 435 g/mol. The molecule has 3 rings (SSSR count). The topological polar surface area (TPSA) is 60.9 Å². The lowest BCUT2D eigenvalue weighted by molar-refractivity contribution is -0.139. The molecule has 7 heteroatoms. The van der Waals surface area contributed by atoms with Crippen LogP contribution in [0.4, 0.5) is 0 Å². The summed E-state index contributed by atoms with van der Waals surface area (Å²) in [6.07, 6.45) is 1.59. The number of carbonyl (C=O) groups excluding carboxylic acids is 2. The molecule has 0 aliphatic carbocycles. The van der Waals surface area contributed by atoms with E-state index in [1.165, 1.54) is 6.07 Å². The lowest BCUT2D eigenvalue weighted by Gasteiger charge is -2.26. The largest absolute Gasteiger partial charge is 0.507 e. The first-order valence-corrected chi connectivity index (χ1v) is 11.0. The molecule has 1 heterocycles. The maximum absolute atomic E-state index is 13.0. The molecule has 31 heavy (non-hydrogen) atoms. The van der Waals surface area contributed by atoms with E-state index in [-0.39, 0.29) is 16.4 Å². The van der Waals surface area contributed by atoms with Crippen molar-refractivity contribution in [3.8, 4) is 0 Å². The van der Waals surface area contributed by atoms with E-state index in [0.717, 1.165) is 24.1 Å². The van der Waals surface area contributed by atoms with Crippen LogP contribution in [0.2, 0.25) is 10.0 Å². The van der Waals surface area contributed by atoms with Crippen molar-refractivity contribution in [2.75, 3.05) is 27.2 Å². The van der Waals surface area contributed by atoms with Crippen LogP contribution in [0.3, 0.4) is 0 Å². The number of aliphatic hydroxyl groups excluding tert-OH is 1. The van der Waals surface area contributed by atoms with Gasteiger partial charge in [0.2, 0.25) is 0 Å². The highest BCUT2D eigenvalue weighted by atomic mass is 35.5. The minimum Gasteiger partial charge on any atom is -0.507 e. The van der Waals surface area contributed by atoms with Gasteiger partial charge in [-0.2, -0.15) is 0 Å². The summed E-state index contributed by atoms with van der Waals surface area (Å²) in [5, 5.41) is 11.7. The SMILES string of the molecule is CCc1ccc(C2/C(=C(/O)c3ccc(Cl)c(Cl)c3)C(=O)C(=O)N2CCCN(C)C)cc1. The first-order chi connectivity index (χ1) is 14.7. The predicted molar refractivity (Wildman–Crippen MR) is 124 cm³/mol. The Hall–Kier alpha value is -2.34. The molecule has 0 aromatic heterocycles. The molecule has 1 amide bonds. The van der Waals surface area contributed by atoms with Gasteiger partial charge in [0.05, 0.1) is 21.7 Å². The molecule has 0 saturated carbocycles. The molecule has 1 fully saturated rings. The van der Waals surface area contributed by atoms with Gasteiger partial charge in [-0.1, -0.05) is 54.4 Å². The Labute approximate surface area is 192 Å². The molecule has 0 radical (unpaired) electrons. The number of hydrogen-bond acceptors (Lipinski definition) is 4. The van der Waals surface area contributed by atoms with Crippen molar-refractivity contribution in [1.29, 1.82) is 0 Å². The summed E-state index contributed by atoms with van der Waals surface area (Å²) in [6.45, 7) is 3.24. The van der Waals surface area contributed by atoms with Gasteiger partial charge in [0, 0.05) is 12.1 Å². The number of amides is 1. The molecule has 164 valence electrons. The number of aliphatic hydroxyl groups is 1. The lowest BCUT2D eigenvalue weighted by atomic mass is 9.94. The van der Waals surface area contributed by atoms with E-state index in [9.17, 15) is 14.7 Å². The van der Waals surface area contributed by atoms with Gasteiger partial charge in [0.1, 0.15) is 5.76 Å². The summed E-state index contributed by atoms with van der Waals surface area (Å²) in [7, 11) is 3.92. The summed E-state index contributed by atoms with van der Waals surface area (Å²) in [6, 6.07) is 11.8. The minimum atomic E-state index is -0.696. The van der Waals surface area contributed by atoms with Crippen molar-refractivity contribution in [2.45, 2.75) is 25.8 Å². The zero-order chi connectivity index (χ0) is 22.7. The van der Waals surface area contributed by atoms with Crippen molar-refractivity contribution < 1.29 is 14.7 Å². The van der Waals surface area contributed by atoms with Crippen LogP contribution in [-0.2, 0) is 16.0 Å². The Bertz CT molecular complexity index is 1020. The Balaban J connectivity index is 2.10. The van der Waals surface area contributed by atoms with E-state index in [0.29, 0.717) is 23.6 Å². The van der Waals surface area contributed by atoms with Gasteiger partial charge in [0.15, 0.2) is 0 Å². The van der Waals surface area contributed by atoms with Crippen molar-refractivity contribution in [2.24, 2.45) is 0 Å². The van der Waals surface area contributed by atoms with E-state index < -0.39 is 17.7 Å². The molecule has 1 aliphatic heterocycles. The summed E-state index contributed by atoms with van der Waals surface area (Å²) < 4.78 is 0. The van der Waals surface area contributed by atoms with Crippen LogP contribution in [0.25, 0.3) is 5.76 Å². The van der Waals surface area contributed by atoms with Crippen molar-refractivity contribution in [1.82, 2.24) is 9.80 Å². The predicted octanol–water partition coefficient (Wildman–Crippen LogP) is 4.93. The highest BCUT2D eigenvalue weighted by Crippen LogP contribution is 2.40. The minimum absolute atomic E-state index is 0.0671. The van der Waals surface area contributed by atoms with Gasteiger partial charge in [-0.3, -0.25) is 9.59 Å². The highest BCUT2D eigenvalue weighted by molar-refractivity contribution is 6.46. The van der Waals surface area contributed by atoms with Gasteiger partial charge in [-0.15, -0.1) is 0 Å². The molecule has 1 N–H and O–H groups in total. The highest BCUT2D eigenvalue weighted by Gasteiger charge is 2.45. The molecule has 2 aromatic rings. The van der Waals surface area contributed by atoms with E-state index in [4.69, 9.17) is 23.2 Å². The number of benzene rings is 2. The Morgan fingerprint density at radius 2 is 1.74 bits per heavy atom. The maximum atomic E-state index is 13.0. The smallest absolute Gasteiger partial charge is 0.295 e. The Morgan fingerprint density at radius 1 is 1.06 bits per heavy atom. The second-order valence-electron chi connectivity index (χ2n) is 7.87. The Morgan fingerprint density at radius 3 is 2.32 bits per heavy atom. The van der Waals surface area contributed by atoms with Gasteiger partial charge < -0.3 is 14.9 Å². The number of hydrogen-bond donors (Lipinski definition) is 1. The molecule has 1 saturated heterocycles. The zero-order valence-electron chi connectivity index (χ0n) is 17.9. The van der Waals surface area contributed by atoms with Gasteiger partial charge >= 0.3 is 0 Å². The Kier molecular flexibility index (Phi) is 7.42. The normalized spacial score (nSPS) is 18.3. The summed E-state index contributed by atoms with van der Waals surface area (Å²) >= 11 is 12.1. The molecule has 1 unspecified atom stereocenters. The second kappa shape index (κ2) is 9.86. The first kappa shape index (κ1) is 23.3. The van der Waals surface area contributed by atoms with Crippen LogP contribution in [-0.4, -0.2) is 53.8 Å². The molecule has 0 spiro atoms. The standard InChI is InChI=1S/C24H26Cl2N2O3/c1-4-15-6-8-16(9-7-15)21-20(22(29)17-10-11-18(25)19(26)14-17)23(30)24(31)28(21)13-5-12-27(2)3/h6-11,14,21,29H,4-5,12-13H2,1-3H3/b22-20-. The van der Waals surface area contributed by atoms with Crippen LogP contribution >= 0.6 is 23.2 Å². The fourth-order valence-electron chi connectivity index (χ4n) is 3.75. The number of likely N-dealkylation sites (tertiary alicyclic amines) is 1. The van der Waals surface area contributed by atoms with Crippen LogP contribution in [0.5, 0.6) is 0 Å². The fraction of sp³-hybridized carbons (Fsp3) is 0.333. The molecule has 5 nitrogen and oxygen atoms in total. The molecule has 2 aromatic carbocycles. The number of halogens is 2. The first-order valence-electron chi connectivity index (χ1n) is 10.2. The van der Waals surface area contributed by atoms with E-state index in [1.807, 2.05) is 43.3 Å². The summed E-state index contributed by atoms with van der Waals surface area (Å²) in [5.41, 5.74) is 2.34. The number of ketones is 1. The van der Waals surface area contributed by atoms with Crippen LogP contribution < -0.4 is 0 Å². The molecule has 0 bridgehead atoms. The maximum Gasteiger partial charge on any atom is 0.295 e. The summed E-state index contributed by atoms with van der Waals surface area (Å²) in [5.74, 6) is -1.56. The van der Waals surface area contributed by atoms with E-state index >= 15 is 0 Å². The molecular formula is C24H26Cl2N2O3. The number of nitrogens with zero attached hydrogens (tertiary/aromatic N) is 2. The van der Waals surface area contributed by atoms with Gasteiger partial charge in [0.25, 0.3) is 11.7 Å². The third-order valence-electron chi connectivity index (χ3n) is 5.44. The monoisotopic (exact) mass is 460 g/mol. The van der Waals surface area contributed by atoms with Gasteiger partial charge in [-0.25, -0.2) is 0 Å². The average Bonchev–Trinajstić information content (AvgIpc) is 3.00. The second-order valence-corrected chi connectivity index (χ2v) is 8.69. The quantitative estimate of drug-likeness (QED) is 0.361. The lowest BCUT2D eigenvalue weighted by Crippen LogP contribution is -2.32. The number of aryl methyl sites for hydroxylation is 1. The molecule has 1 atom stereocenters. The van der Waals surface area contributed by atoms with Crippen LogP contribution in [0.1, 0.15) is 36.1 Å². The fourth-order valence-corrected chi connectivity index (χ4v) is 4.05. The van der Waals surface area contributed by atoms with Crippen molar-refractivity contribution in [3.05, 3.63) is 74.8 Å². The number of rotatable bonds is 7. The van der Waals surface area contributed by atoms with Crippen molar-refractivity contribution in [3.63, 3.8) is 0 Å². The third-order valence-corrected chi connectivity index (χ3v) is 6.18. The van der Waals surface area contributed by atoms with E-state index in [2.05, 4.69) is 6.92 Å². The number of carbonyl (C=O) groups is 2. The van der Waals surface area contributed by atoms with E-state index in [1.54, 1.807) is 17.0 Å². The molecule has 1 aliphatic rings. The van der Waals surface area contributed by atoms with Crippen LogP contribution in [0, 0.1) is 0 Å². The van der Waals surface area contributed by atoms with Crippen LogP contribution in [0.15, 0.2) is 48.0 Å². The number of Topliss-reactive ketones (excluding diaryl/α,β-unsaturated/α-hetero) is 1. The average molecular weight is 461 g/mol. The third kappa shape index (κ3) is 4.95. The zero-order valence-corrected chi connectivity index (χ0v) is 19.4.